The maximum Gasteiger partial charge on any atom is 0.217 e. The van der Waals surface area contributed by atoms with Gasteiger partial charge in [0.25, 0.3) is 0 Å². The molecule has 1 saturated heterocycles. The monoisotopic (exact) mass is 217 g/mol. The molecule has 0 aliphatic carbocycles. The van der Waals surface area contributed by atoms with Crippen molar-refractivity contribution < 1.29 is 19.0 Å². The zero-order valence-electron chi connectivity index (χ0n) is 9.65. The van der Waals surface area contributed by atoms with Crippen LogP contribution in [0.5, 0.6) is 0 Å². The van der Waals surface area contributed by atoms with Gasteiger partial charge in [0, 0.05) is 27.6 Å². The zero-order valence-corrected chi connectivity index (χ0v) is 9.65. The van der Waals surface area contributed by atoms with E-state index in [1.807, 2.05) is 6.92 Å². The summed E-state index contributed by atoms with van der Waals surface area (Å²) in [6.07, 6.45) is 0.118. The third kappa shape index (κ3) is 3.15. The minimum Gasteiger partial charge on any atom is -0.377 e. The predicted octanol–water partition coefficient (Wildman–Crippen LogP) is 0.287. The minimum atomic E-state index is -0.275. The van der Waals surface area contributed by atoms with Crippen LogP contribution in [0.15, 0.2) is 0 Å². The Hall–Kier alpha value is -0.650. The first-order valence-corrected chi connectivity index (χ1v) is 5.06. The smallest absolute Gasteiger partial charge is 0.217 e. The summed E-state index contributed by atoms with van der Waals surface area (Å²) in [5.74, 6) is -0.0639. The summed E-state index contributed by atoms with van der Waals surface area (Å²) >= 11 is 0. The fraction of sp³-hybridized carbons (Fsp3) is 0.900. The molecule has 1 fully saturated rings. The fourth-order valence-electron chi connectivity index (χ4n) is 1.95. The molecule has 0 aromatic rings. The van der Waals surface area contributed by atoms with Gasteiger partial charge in [-0.1, -0.05) is 0 Å². The summed E-state index contributed by atoms with van der Waals surface area (Å²) in [6, 6.07) is -0.0544. The Morgan fingerprint density at radius 2 is 2.07 bits per heavy atom. The van der Waals surface area contributed by atoms with Crippen molar-refractivity contribution in [3.05, 3.63) is 0 Å². The van der Waals surface area contributed by atoms with E-state index in [4.69, 9.17) is 14.2 Å². The van der Waals surface area contributed by atoms with Crippen LogP contribution in [0, 0.1) is 0 Å². The number of carbonyl (C=O) groups is 1. The molecule has 1 aliphatic heterocycles. The highest BCUT2D eigenvalue weighted by Crippen LogP contribution is 2.22. The second kappa shape index (κ2) is 5.44. The van der Waals surface area contributed by atoms with Gasteiger partial charge in [0.05, 0.1) is 12.1 Å². The van der Waals surface area contributed by atoms with E-state index in [0.29, 0.717) is 6.42 Å². The maximum atomic E-state index is 11.0. The Labute approximate surface area is 90.1 Å². The van der Waals surface area contributed by atoms with E-state index in [-0.39, 0.29) is 30.4 Å². The van der Waals surface area contributed by atoms with E-state index >= 15 is 0 Å². The topological polar surface area (TPSA) is 56.8 Å². The molecule has 0 radical (unpaired) electrons. The summed E-state index contributed by atoms with van der Waals surface area (Å²) in [4.78, 5) is 11.0. The van der Waals surface area contributed by atoms with Gasteiger partial charge >= 0.3 is 0 Å². The molecule has 15 heavy (non-hydrogen) atoms. The van der Waals surface area contributed by atoms with E-state index in [0.717, 1.165) is 0 Å². The predicted molar refractivity (Wildman–Crippen MR) is 54.4 cm³/mol. The van der Waals surface area contributed by atoms with E-state index < -0.39 is 0 Å². The summed E-state index contributed by atoms with van der Waals surface area (Å²) in [6.45, 7) is 3.41. The SMILES string of the molecule is CO[C@@H]1C[C@H](NC(C)=O)[C@@H](OC)[C@@H](C)O1. The second-order valence-electron chi connectivity index (χ2n) is 3.75. The van der Waals surface area contributed by atoms with Gasteiger partial charge in [-0.25, -0.2) is 0 Å². The molecule has 5 nitrogen and oxygen atoms in total. The molecule has 1 aliphatic rings. The normalized spacial score (nSPS) is 36.3. The molecule has 4 atom stereocenters. The van der Waals surface area contributed by atoms with Crippen LogP contribution in [0.4, 0.5) is 0 Å². The first-order valence-electron chi connectivity index (χ1n) is 5.06. The summed E-state index contributed by atoms with van der Waals surface area (Å²) < 4.78 is 16.0. The van der Waals surface area contributed by atoms with Crippen molar-refractivity contribution in [3.8, 4) is 0 Å². The third-order valence-electron chi connectivity index (χ3n) is 2.60. The number of nitrogens with one attached hydrogen (secondary N) is 1. The number of carbonyl (C=O) groups excluding carboxylic acids is 1. The van der Waals surface area contributed by atoms with Crippen LogP contribution >= 0.6 is 0 Å². The number of hydrogen-bond acceptors (Lipinski definition) is 4. The molecular formula is C10H19NO4. The van der Waals surface area contributed by atoms with Crippen molar-refractivity contribution in [1.82, 2.24) is 5.32 Å². The van der Waals surface area contributed by atoms with E-state index in [1.165, 1.54) is 6.92 Å². The molecule has 0 saturated carbocycles. The largest absolute Gasteiger partial charge is 0.377 e. The zero-order chi connectivity index (χ0) is 11.4. The summed E-state index contributed by atoms with van der Waals surface area (Å²) in [7, 11) is 3.21. The van der Waals surface area contributed by atoms with Crippen molar-refractivity contribution in [2.24, 2.45) is 0 Å². The lowest BCUT2D eigenvalue weighted by Crippen LogP contribution is -2.55. The molecule has 0 aromatic heterocycles. The Bertz CT molecular complexity index is 221. The Morgan fingerprint density at radius 3 is 2.53 bits per heavy atom. The standard InChI is InChI=1S/C10H19NO4/c1-6-10(14-4)8(11-7(2)12)5-9(13-3)15-6/h6,8-10H,5H2,1-4H3,(H,11,12)/t6-,8+,9+,10+/m1/s1. The number of amides is 1. The van der Waals surface area contributed by atoms with Crippen LogP contribution in [-0.4, -0.2) is 44.7 Å². The lowest BCUT2D eigenvalue weighted by Gasteiger charge is -2.39. The molecular weight excluding hydrogens is 198 g/mol. The van der Waals surface area contributed by atoms with Gasteiger partial charge in [0.2, 0.25) is 5.91 Å². The van der Waals surface area contributed by atoms with Crippen LogP contribution in [0.25, 0.3) is 0 Å². The number of rotatable bonds is 3. The van der Waals surface area contributed by atoms with Crippen molar-refractivity contribution in [1.29, 1.82) is 0 Å². The highest BCUT2D eigenvalue weighted by atomic mass is 16.7. The summed E-state index contributed by atoms with van der Waals surface area (Å²) in [5.41, 5.74) is 0. The van der Waals surface area contributed by atoms with Crippen molar-refractivity contribution in [2.75, 3.05) is 14.2 Å². The Kier molecular flexibility index (Phi) is 4.50. The number of ether oxygens (including phenoxy) is 3. The van der Waals surface area contributed by atoms with Crippen LogP contribution in [0.1, 0.15) is 20.3 Å². The molecule has 1 rings (SSSR count). The van der Waals surface area contributed by atoms with Crippen LogP contribution in [-0.2, 0) is 19.0 Å². The van der Waals surface area contributed by atoms with Gasteiger partial charge in [0.15, 0.2) is 6.29 Å². The van der Waals surface area contributed by atoms with Crippen LogP contribution < -0.4 is 5.32 Å². The van der Waals surface area contributed by atoms with E-state index in [9.17, 15) is 4.79 Å². The lowest BCUT2D eigenvalue weighted by molar-refractivity contribution is -0.219. The first-order chi connectivity index (χ1) is 7.08. The first kappa shape index (κ1) is 12.4. The van der Waals surface area contributed by atoms with Gasteiger partial charge in [-0.3, -0.25) is 4.79 Å². The number of hydrogen-bond donors (Lipinski definition) is 1. The van der Waals surface area contributed by atoms with Crippen molar-refractivity contribution in [3.63, 3.8) is 0 Å². The molecule has 1 amide bonds. The second-order valence-corrected chi connectivity index (χ2v) is 3.75. The van der Waals surface area contributed by atoms with Gasteiger partial charge in [-0.2, -0.15) is 0 Å². The van der Waals surface area contributed by atoms with Crippen molar-refractivity contribution >= 4 is 5.91 Å². The third-order valence-corrected chi connectivity index (χ3v) is 2.60. The Balaban J connectivity index is 2.65. The minimum absolute atomic E-state index is 0.0544. The molecule has 0 bridgehead atoms. The highest BCUT2D eigenvalue weighted by Gasteiger charge is 2.37. The quantitative estimate of drug-likeness (QED) is 0.738. The average molecular weight is 217 g/mol. The molecule has 0 spiro atoms. The lowest BCUT2D eigenvalue weighted by atomic mass is 9.99. The molecule has 0 aromatic carbocycles. The molecule has 88 valence electrons. The summed E-state index contributed by atoms with van der Waals surface area (Å²) in [5, 5.41) is 2.85. The molecule has 1 heterocycles. The Morgan fingerprint density at radius 1 is 1.40 bits per heavy atom. The van der Waals surface area contributed by atoms with E-state index in [1.54, 1.807) is 14.2 Å². The van der Waals surface area contributed by atoms with Crippen LogP contribution in [0.2, 0.25) is 0 Å². The van der Waals surface area contributed by atoms with Gasteiger partial charge in [0.1, 0.15) is 6.10 Å². The van der Waals surface area contributed by atoms with E-state index in [2.05, 4.69) is 5.32 Å². The van der Waals surface area contributed by atoms with Crippen molar-refractivity contribution in [2.45, 2.75) is 44.8 Å². The number of methoxy groups -OCH3 is 2. The van der Waals surface area contributed by atoms with Gasteiger partial charge in [-0.15, -0.1) is 0 Å². The highest BCUT2D eigenvalue weighted by molar-refractivity contribution is 5.73. The van der Waals surface area contributed by atoms with Crippen LogP contribution in [0.3, 0.4) is 0 Å². The molecule has 0 unspecified atom stereocenters. The van der Waals surface area contributed by atoms with Gasteiger partial charge in [-0.05, 0) is 6.92 Å². The molecule has 1 N–H and O–H groups in total. The molecule has 5 heteroatoms. The fourth-order valence-corrected chi connectivity index (χ4v) is 1.95. The van der Waals surface area contributed by atoms with Gasteiger partial charge < -0.3 is 19.5 Å². The average Bonchev–Trinajstić information content (AvgIpc) is 2.16. The maximum absolute atomic E-state index is 11.0.